The SMILES string of the molecule is CCO.CCO.CCO.[C-]1=CC=CC1.[Hf]. The molecule has 0 aromatic carbocycles. The van der Waals surface area contributed by atoms with Crippen molar-refractivity contribution in [1.29, 1.82) is 0 Å². The maximum Gasteiger partial charge on any atom is 0.0402 e. The van der Waals surface area contributed by atoms with Gasteiger partial charge in [0.15, 0.2) is 0 Å². The predicted octanol–water partition coefficient (Wildman–Crippen LogP) is 1.30. The van der Waals surface area contributed by atoms with Gasteiger partial charge in [-0.15, -0.1) is 6.42 Å². The van der Waals surface area contributed by atoms with E-state index in [0.717, 1.165) is 6.42 Å². The third kappa shape index (κ3) is 77.8. The van der Waals surface area contributed by atoms with Crippen LogP contribution in [0.25, 0.3) is 0 Å². The van der Waals surface area contributed by atoms with Crippen LogP contribution in [0.2, 0.25) is 0 Å². The minimum Gasteiger partial charge on any atom is -0.397 e. The molecule has 0 fully saturated rings. The van der Waals surface area contributed by atoms with E-state index in [0.29, 0.717) is 0 Å². The van der Waals surface area contributed by atoms with Crippen LogP contribution in [-0.2, 0) is 25.8 Å². The van der Waals surface area contributed by atoms with Gasteiger partial charge in [0.1, 0.15) is 0 Å². The second-order valence-corrected chi connectivity index (χ2v) is 1.95. The van der Waals surface area contributed by atoms with Gasteiger partial charge in [0.2, 0.25) is 0 Å². The Balaban J connectivity index is -0.0000000550. The van der Waals surface area contributed by atoms with Crippen LogP contribution in [0.3, 0.4) is 0 Å². The molecule has 3 nitrogen and oxygen atoms in total. The average molecular weight is 382 g/mol. The van der Waals surface area contributed by atoms with Gasteiger partial charge in [0.05, 0.1) is 0 Å². The zero-order valence-electron chi connectivity index (χ0n) is 9.90. The second-order valence-electron chi connectivity index (χ2n) is 1.95. The monoisotopic (exact) mass is 383 g/mol. The fourth-order valence-corrected chi connectivity index (χ4v) is 0.340. The Morgan fingerprint density at radius 1 is 1.00 bits per heavy atom. The molecule has 0 aromatic rings. The predicted molar refractivity (Wildman–Crippen MR) is 59.8 cm³/mol. The molecule has 15 heavy (non-hydrogen) atoms. The van der Waals surface area contributed by atoms with Crippen LogP contribution in [0.1, 0.15) is 27.2 Å². The van der Waals surface area contributed by atoms with Gasteiger partial charge in [-0.05, 0) is 20.8 Å². The Bertz CT molecular complexity index is 99.6. The summed E-state index contributed by atoms with van der Waals surface area (Å²) in [6.07, 6.45) is 10.0. The molecule has 0 unspecified atom stereocenters. The molecule has 0 spiro atoms. The van der Waals surface area contributed by atoms with Crippen molar-refractivity contribution in [1.82, 2.24) is 0 Å². The standard InChI is InChI=1S/C5H5.3C2H6O.Hf/c1-2-4-5-3-1;3*1-2-3;/h1-3H,4H2;3*3H,2H2,1H3;/q-1;;;;. The molecule has 0 atom stereocenters. The molecule has 0 saturated heterocycles. The first-order valence-corrected chi connectivity index (χ1v) is 4.79. The largest absolute Gasteiger partial charge is 0.397 e. The van der Waals surface area contributed by atoms with Crippen LogP contribution in [0.15, 0.2) is 18.2 Å². The summed E-state index contributed by atoms with van der Waals surface area (Å²) in [4.78, 5) is 0. The van der Waals surface area contributed by atoms with E-state index in [1.165, 1.54) is 0 Å². The minimum atomic E-state index is 0. The van der Waals surface area contributed by atoms with E-state index in [9.17, 15) is 0 Å². The molecule has 3 N–H and O–H groups in total. The first-order chi connectivity index (χ1) is 6.74. The van der Waals surface area contributed by atoms with Gasteiger partial charge in [0, 0.05) is 45.7 Å². The third-order valence-corrected chi connectivity index (χ3v) is 0.586. The zero-order chi connectivity index (χ0) is 11.7. The second kappa shape index (κ2) is 36.8. The summed E-state index contributed by atoms with van der Waals surface area (Å²) in [6.45, 7) is 5.79. The molecule has 1 aliphatic carbocycles. The summed E-state index contributed by atoms with van der Waals surface area (Å²) < 4.78 is 0. The smallest absolute Gasteiger partial charge is 0.0402 e. The first kappa shape index (κ1) is 24.5. The van der Waals surface area contributed by atoms with Crippen LogP contribution >= 0.6 is 0 Å². The molecule has 90 valence electrons. The van der Waals surface area contributed by atoms with Crippen molar-refractivity contribution in [3.63, 3.8) is 0 Å². The van der Waals surface area contributed by atoms with E-state index in [4.69, 9.17) is 15.3 Å². The van der Waals surface area contributed by atoms with Crippen molar-refractivity contribution >= 4 is 0 Å². The van der Waals surface area contributed by atoms with Crippen molar-refractivity contribution in [3.05, 3.63) is 24.3 Å². The maximum atomic E-state index is 7.57. The fourth-order valence-electron chi connectivity index (χ4n) is 0.340. The number of hydrogen-bond acceptors (Lipinski definition) is 3. The molecule has 1 rings (SSSR count). The summed E-state index contributed by atoms with van der Waals surface area (Å²) >= 11 is 0. The van der Waals surface area contributed by atoms with Gasteiger partial charge < -0.3 is 15.3 Å². The zero-order valence-corrected chi connectivity index (χ0v) is 13.5. The number of allylic oxidation sites excluding steroid dienone is 4. The van der Waals surface area contributed by atoms with E-state index in [1.54, 1.807) is 20.8 Å². The van der Waals surface area contributed by atoms with Crippen LogP contribution in [0.4, 0.5) is 0 Å². The quantitative estimate of drug-likeness (QED) is 0.438. The molecule has 1 aliphatic rings. The molecule has 0 aromatic heterocycles. The molecule has 0 aliphatic heterocycles. The van der Waals surface area contributed by atoms with Crippen molar-refractivity contribution in [2.75, 3.05) is 19.8 Å². The number of aliphatic hydroxyl groups is 3. The topological polar surface area (TPSA) is 60.7 Å². The summed E-state index contributed by atoms with van der Waals surface area (Å²) in [5, 5.41) is 22.7. The molecule has 0 heterocycles. The first-order valence-electron chi connectivity index (χ1n) is 4.79. The van der Waals surface area contributed by atoms with Gasteiger partial charge in [-0.3, -0.25) is 6.08 Å². The summed E-state index contributed by atoms with van der Waals surface area (Å²) in [5.74, 6) is 0. The molecular formula is C11H23HfO3-. The molecule has 0 amide bonds. The van der Waals surface area contributed by atoms with E-state index < -0.39 is 0 Å². The maximum absolute atomic E-state index is 7.57. The Morgan fingerprint density at radius 3 is 1.40 bits per heavy atom. The van der Waals surface area contributed by atoms with E-state index in [2.05, 4.69) is 12.2 Å². The van der Waals surface area contributed by atoms with Gasteiger partial charge in [-0.25, -0.2) is 12.2 Å². The fraction of sp³-hybridized carbons (Fsp3) is 0.636. The molecular weight excluding hydrogens is 359 g/mol. The Kier molecular flexibility index (Phi) is 59.9. The van der Waals surface area contributed by atoms with Crippen LogP contribution in [-0.4, -0.2) is 35.1 Å². The van der Waals surface area contributed by atoms with Gasteiger partial charge >= 0.3 is 0 Å². The molecule has 0 bridgehead atoms. The van der Waals surface area contributed by atoms with Crippen molar-refractivity contribution in [2.45, 2.75) is 27.2 Å². The van der Waals surface area contributed by atoms with E-state index in [-0.39, 0.29) is 45.7 Å². The van der Waals surface area contributed by atoms with Gasteiger partial charge in [0.25, 0.3) is 0 Å². The number of rotatable bonds is 0. The molecule has 0 saturated carbocycles. The van der Waals surface area contributed by atoms with Crippen LogP contribution in [0, 0.1) is 6.08 Å². The van der Waals surface area contributed by atoms with Gasteiger partial charge in [-0.2, -0.15) is 6.08 Å². The van der Waals surface area contributed by atoms with Crippen molar-refractivity contribution in [2.24, 2.45) is 0 Å². The molecule has 4 heteroatoms. The van der Waals surface area contributed by atoms with Crippen LogP contribution in [0.5, 0.6) is 0 Å². The normalized spacial score (nSPS) is 9.47. The van der Waals surface area contributed by atoms with Crippen LogP contribution < -0.4 is 0 Å². The number of aliphatic hydroxyl groups excluding tert-OH is 3. The third-order valence-electron chi connectivity index (χ3n) is 0.586. The summed E-state index contributed by atoms with van der Waals surface area (Å²) in [6, 6.07) is 0. The van der Waals surface area contributed by atoms with E-state index >= 15 is 0 Å². The Morgan fingerprint density at radius 2 is 1.33 bits per heavy atom. The van der Waals surface area contributed by atoms with Gasteiger partial charge in [-0.1, -0.05) is 0 Å². The Labute approximate surface area is 112 Å². The van der Waals surface area contributed by atoms with Crippen molar-refractivity contribution in [3.8, 4) is 0 Å². The van der Waals surface area contributed by atoms with E-state index in [1.807, 2.05) is 12.2 Å². The Hall–Kier alpha value is 0.230. The summed E-state index contributed by atoms with van der Waals surface area (Å²) in [7, 11) is 0. The summed E-state index contributed by atoms with van der Waals surface area (Å²) in [5.41, 5.74) is 0. The van der Waals surface area contributed by atoms with Crippen molar-refractivity contribution < 1.29 is 41.2 Å². The average Bonchev–Trinajstić information content (AvgIpc) is 2.63. The minimum absolute atomic E-state index is 0. The molecule has 0 radical (unpaired) electrons. The number of hydrogen-bond donors (Lipinski definition) is 3.